The van der Waals surface area contributed by atoms with Gasteiger partial charge in [0, 0.05) is 25.4 Å². The summed E-state index contributed by atoms with van der Waals surface area (Å²) in [5, 5.41) is 10.00. The predicted molar refractivity (Wildman–Crippen MR) is 95.7 cm³/mol. The number of aliphatic hydroxyl groups is 1. The number of nitrogens with zero attached hydrogens (tertiary/aromatic N) is 3. The van der Waals surface area contributed by atoms with Crippen molar-refractivity contribution in [2.45, 2.75) is 25.5 Å². The first-order valence-corrected chi connectivity index (χ1v) is 8.61. The Balaban J connectivity index is 1.74. The third kappa shape index (κ3) is 4.00. The van der Waals surface area contributed by atoms with Crippen LogP contribution in [0.2, 0.25) is 0 Å². The summed E-state index contributed by atoms with van der Waals surface area (Å²) >= 11 is 0. The molecule has 7 nitrogen and oxygen atoms in total. The molecule has 1 aliphatic rings. The second-order valence-electron chi connectivity index (χ2n) is 6.64. The summed E-state index contributed by atoms with van der Waals surface area (Å²) in [6.07, 6.45) is 3.46. The Bertz CT molecular complexity index is 835. The standard InChI is InChI=1S/C19H23N3O4/c1-15-5-2-3-6-16(15)11-19(14-23)13-22(9-10-26-19)17(24)12-21-8-4-7-20-18(21)25/h2-8,23H,9-14H2,1H3/t19-/m1/s1. The Morgan fingerprint density at radius 2 is 2.15 bits per heavy atom. The van der Waals surface area contributed by atoms with E-state index in [-0.39, 0.29) is 25.6 Å². The second kappa shape index (κ2) is 7.80. The molecule has 0 unspecified atom stereocenters. The third-order valence-corrected chi connectivity index (χ3v) is 4.75. The minimum atomic E-state index is -0.833. The molecule has 2 aromatic rings. The van der Waals surface area contributed by atoms with E-state index in [0.29, 0.717) is 19.6 Å². The van der Waals surface area contributed by atoms with Crippen LogP contribution in [0.15, 0.2) is 47.5 Å². The lowest BCUT2D eigenvalue weighted by atomic mass is 9.91. The van der Waals surface area contributed by atoms with Crippen molar-refractivity contribution in [3.63, 3.8) is 0 Å². The number of amides is 1. The van der Waals surface area contributed by atoms with Gasteiger partial charge in [0.25, 0.3) is 0 Å². The van der Waals surface area contributed by atoms with Gasteiger partial charge in [0.15, 0.2) is 0 Å². The van der Waals surface area contributed by atoms with E-state index >= 15 is 0 Å². The maximum atomic E-state index is 12.6. The molecule has 138 valence electrons. The minimum Gasteiger partial charge on any atom is -0.393 e. The fourth-order valence-electron chi connectivity index (χ4n) is 3.22. The summed E-state index contributed by atoms with van der Waals surface area (Å²) in [4.78, 5) is 29.7. The predicted octanol–water partition coefficient (Wildman–Crippen LogP) is 0.384. The largest absolute Gasteiger partial charge is 0.393 e. The van der Waals surface area contributed by atoms with Gasteiger partial charge in [-0.1, -0.05) is 24.3 Å². The highest BCUT2D eigenvalue weighted by molar-refractivity contribution is 5.76. The second-order valence-corrected chi connectivity index (χ2v) is 6.64. The number of carbonyl (C=O) groups is 1. The molecule has 26 heavy (non-hydrogen) atoms. The molecule has 0 aliphatic carbocycles. The summed E-state index contributed by atoms with van der Waals surface area (Å²) in [5.41, 5.74) is 0.913. The number of hydrogen-bond donors (Lipinski definition) is 1. The van der Waals surface area contributed by atoms with Gasteiger partial charge in [-0.15, -0.1) is 0 Å². The number of ether oxygens (including phenoxy) is 1. The lowest BCUT2D eigenvalue weighted by molar-refractivity contribution is -0.158. The normalized spacial score (nSPS) is 20.2. The summed E-state index contributed by atoms with van der Waals surface area (Å²) < 4.78 is 7.18. The molecule has 0 bridgehead atoms. The zero-order valence-corrected chi connectivity index (χ0v) is 14.8. The molecular formula is C19H23N3O4. The van der Waals surface area contributed by atoms with Crippen LogP contribution in [0.1, 0.15) is 11.1 Å². The molecule has 1 amide bonds. The molecule has 0 saturated carbocycles. The van der Waals surface area contributed by atoms with Gasteiger partial charge < -0.3 is 14.7 Å². The fourth-order valence-corrected chi connectivity index (χ4v) is 3.22. The Hall–Kier alpha value is -2.51. The van der Waals surface area contributed by atoms with E-state index in [1.807, 2.05) is 31.2 Å². The first-order chi connectivity index (χ1) is 12.5. The molecule has 1 atom stereocenters. The number of carbonyl (C=O) groups excluding carboxylic acids is 1. The van der Waals surface area contributed by atoms with Gasteiger partial charge in [0.05, 0.1) is 19.8 Å². The molecule has 1 aromatic heterocycles. The smallest absolute Gasteiger partial charge is 0.347 e. The molecule has 7 heteroatoms. The number of aliphatic hydroxyl groups excluding tert-OH is 1. The monoisotopic (exact) mass is 357 g/mol. The van der Waals surface area contributed by atoms with Crippen molar-refractivity contribution in [3.8, 4) is 0 Å². The van der Waals surface area contributed by atoms with Crippen molar-refractivity contribution in [2.75, 3.05) is 26.3 Å². The Kier molecular flexibility index (Phi) is 5.49. The van der Waals surface area contributed by atoms with Gasteiger partial charge in [0.2, 0.25) is 5.91 Å². The first-order valence-electron chi connectivity index (χ1n) is 8.61. The number of rotatable bonds is 5. The summed E-state index contributed by atoms with van der Waals surface area (Å²) in [6.45, 7) is 2.83. The Morgan fingerprint density at radius 1 is 1.35 bits per heavy atom. The molecule has 1 N–H and O–H groups in total. The minimum absolute atomic E-state index is 0.0709. The van der Waals surface area contributed by atoms with Gasteiger partial charge in [-0.25, -0.2) is 9.78 Å². The quantitative estimate of drug-likeness (QED) is 0.837. The number of aryl methyl sites for hydroxylation is 1. The SMILES string of the molecule is Cc1ccccc1C[C@]1(CO)CN(C(=O)Cn2cccnc2=O)CCO1. The third-order valence-electron chi connectivity index (χ3n) is 4.75. The van der Waals surface area contributed by atoms with Crippen molar-refractivity contribution in [1.29, 1.82) is 0 Å². The van der Waals surface area contributed by atoms with Crippen LogP contribution >= 0.6 is 0 Å². The lowest BCUT2D eigenvalue weighted by Crippen LogP contribution is -2.57. The van der Waals surface area contributed by atoms with E-state index in [4.69, 9.17) is 4.74 Å². The van der Waals surface area contributed by atoms with Crippen LogP contribution in [0.4, 0.5) is 0 Å². The van der Waals surface area contributed by atoms with Crippen LogP contribution in [0.25, 0.3) is 0 Å². The van der Waals surface area contributed by atoms with E-state index in [1.165, 1.54) is 10.8 Å². The molecule has 2 heterocycles. The van der Waals surface area contributed by atoms with E-state index in [0.717, 1.165) is 11.1 Å². The van der Waals surface area contributed by atoms with Gasteiger partial charge >= 0.3 is 5.69 Å². The average molecular weight is 357 g/mol. The lowest BCUT2D eigenvalue weighted by Gasteiger charge is -2.42. The number of benzene rings is 1. The maximum Gasteiger partial charge on any atom is 0.347 e. The topological polar surface area (TPSA) is 84.7 Å². The van der Waals surface area contributed by atoms with Crippen molar-refractivity contribution >= 4 is 5.91 Å². The highest BCUT2D eigenvalue weighted by Gasteiger charge is 2.38. The van der Waals surface area contributed by atoms with Crippen molar-refractivity contribution < 1.29 is 14.6 Å². The van der Waals surface area contributed by atoms with Gasteiger partial charge in [-0.05, 0) is 24.1 Å². The Morgan fingerprint density at radius 3 is 2.88 bits per heavy atom. The zero-order chi connectivity index (χ0) is 18.6. The number of morpholine rings is 1. The summed E-state index contributed by atoms with van der Waals surface area (Å²) in [5.74, 6) is -0.189. The highest BCUT2D eigenvalue weighted by atomic mass is 16.5. The fraction of sp³-hybridized carbons (Fsp3) is 0.421. The van der Waals surface area contributed by atoms with E-state index in [9.17, 15) is 14.7 Å². The van der Waals surface area contributed by atoms with Crippen LogP contribution in [0.5, 0.6) is 0 Å². The van der Waals surface area contributed by atoms with E-state index in [1.54, 1.807) is 17.2 Å². The van der Waals surface area contributed by atoms with E-state index in [2.05, 4.69) is 4.98 Å². The van der Waals surface area contributed by atoms with Gasteiger partial charge in [-0.2, -0.15) is 0 Å². The molecule has 3 rings (SSSR count). The molecule has 0 spiro atoms. The molecule has 0 radical (unpaired) electrons. The number of aromatic nitrogens is 2. The summed E-state index contributed by atoms with van der Waals surface area (Å²) in [7, 11) is 0. The van der Waals surface area contributed by atoms with Crippen LogP contribution in [0, 0.1) is 6.92 Å². The maximum absolute atomic E-state index is 12.6. The molecule has 1 aliphatic heterocycles. The first kappa shape index (κ1) is 18.3. The van der Waals surface area contributed by atoms with Crippen molar-refractivity contribution in [2.24, 2.45) is 0 Å². The highest BCUT2D eigenvalue weighted by Crippen LogP contribution is 2.24. The zero-order valence-electron chi connectivity index (χ0n) is 14.8. The molecular weight excluding hydrogens is 334 g/mol. The van der Waals surface area contributed by atoms with Gasteiger partial charge in [-0.3, -0.25) is 9.36 Å². The van der Waals surface area contributed by atoms with Gasteiger partial charge in [0.1, 0.15) is 12.1 Å². The van der Waals surface area contributed by atoms with Crippen LogP contribution in [-0.4, -0.2) is 57.4 Å². The van der Waals surface area contributed by atoms with E-state index < -0.39 is 11.3 Å². The average Bonchev–Trinajstić information content (AvgIpc) is 2.66. The summed E-state index contributed by atoms with van der Waals surface area (Å²) in [6, 6.07) is 9.55. The molecule has 1 aromatic carbocycles. The molecule has 1 saturated heterocycles. The van der Waals surface area contributed by atoms with Crippen molar-refractivity contribution in [3.05, 3.63) is 64.3 Å². The van der Waals surface area contributed by atoms with Crippen molar-refractivity contribution in [1.82, 2.24) is 14.5 Å². The van der Waals surface area contributed by atoms with Crippen LogP contribution in [0.3, 0.4) is 0 Å². The van der Waals surface area contributed by atoms with Crippen LogP contribution < -0.4 is 5.69 Å². The van der Waals surface area contributed by atoms with Crippen LogP contribution in [-0.2, 0) is 22.5 Å². The number of hydrogen-bond acceptors (Lipinski definition) is 5. The molecule has 1 fully saturated rings. The Labute approximate surface area is 151 Å².